The lowest BCUT2D eigenvalue weighted by Gasteiger charge is -2.29. The number of anilines is 2. The molecular formula is C11H17FN4O. The lowest BCUT2D eigenvalue weighted by atomic mass is 10.1. The van der Waals surface area contributed by atoms with Gasteiger partial charge >= 0.3 is 0 Å². The van der Waals surface area contributed by atoms with Crippen molar-refractivity contribution in [3.8, 4) is 0 Å². The Morgan fingerprint density at radius 2 is 2.29 bits per heavy atom. The van der Waals surface area contributed by atoms with Gasteiger partial charge in [-0.3, -0.25) is 0 Å². The smallest absolute Gasteiger partial charge is 0.222 e. The van der Waals surface area contributed by atoms with E-state index in [2.05, 4.69) is 9.97 Å². The van der Waals surface area contributed by atoms with Crippen LogP contribution in [0.2, 0.25) is 0 Å². The van der Waals surface area contributed by atoms with Crippen LogP contribution in [-0.2, 0) is 0 Å². The Balaban J connectivity index is 2.31. The van der Waals surface area contributed by atoms with E-state index in [1.54, 1.807) is 4.90 Å². The second-order valence-corrected chi connectivity index (χ2v) is 4.28. The molecule has 3 N–H and O–H groups in total. The summed E-state index contributed by atoms with van der Waals surface area (Å²) in [5.41, 5.74) is 5.48. The van der Waals surface area contributed by atoms with Gasteiger partial charge in [-0.2, -0.15) is 4.98 Å². The van der Waals surface area contributed by atoms with Crippen LogP contribution >= 0.6 is 0 Å². The average molecular weight is 240 g/mol. The number of aromatic nitrogens is 2. The first-order valence-corrected chi connectivity index (χ1v) is 5.88. The van der Waals surface area contributed by atoms with Gasteiger partial charge in [0.1, 0.15) is 0 Å². The van der Waals surface area contributed by atoms with E-state index < -0.39 is 5.82 Å². The maximum atomic E-state index is 13.7. The number of rotatable bonds is 2. The van der Waals surface area contributed by atoms with Crippen molar-refractivity contribution >= 4 is 11.8 Å². The Morgan fingerprint density at radius 3 is 3.06 bits per heavy atom. The van der Waals surface area contributed by atoms with Gasteiger partial charge in [0, 0.05) is 6.54 Å². The summed E-state index contributed by atoms with van der Waals surface area (Å²) in [7, 11) is 0. The van der Waals surface area contributed by atoms with Crippen LogP contribution in [0.4, 0.5) is 16.2 Å². The molecule has 1 aliphatic heterocycles. The van der Waals surface area contributed by atoms with Crippen LogP contribution in [0.15, 0.2) is 6.20 Å². The minimum Gasteiger partial charge on any atom is -0.394 e. The van der Waals surface area contributed by atoms with E-state index >= 15 is 0 Å². The van der Waals surface area contributed by atoms with Crippen LogP contribution < -0.4 is 10.6 Å². The molecule has 5 nitrogen and oxygen atoms in total. The second kappa shape index (κ2) is 5.27. The van der Waals surface area contributed by atoms with Gasteiger partial charge in [0.15, 0.2) is 11.6 Å². The molecule has 2 heterocycles. The highest BCUT2D eigenvalue weighted by Crippen LogP contribution is 2.24. The van der Waals surface area contributed by atoms with E-state index in [-0.39, 0.29) is 24.4 Å². The number of nitrogens with two attached hydrogens (primary N) is 1. The first-order chi connectivity index (χ1) is 8.22. The molecule has 2 rings (SSSR count). The number of aliphatic hydroxyl groups is 1. The van der Waals surface area contributed by atoms with Gasteiger partial charge in [-0.25, -0.2) is 9.37 Å². The SMILES string of the molecule is Nc1ncc(F)c(N2CCCCCC2CO)n1. The molecule has 94 valence electrons. The third kappa shape index (κ3) is 2.63. The van der Waals surface area contributed by atoms with Crippen LogP contribution in [0, 0.1) is 5.82 Å². The van der Waals surface area contributed by atoms with Crippen molar-refractivity contribution in [3.63, 3.8) is 0 Å². The molecule has 0 bridgehead atoms. The van der Waals surface area contributed by atoms with Crippen LogP contribution in [0.3, 0.4) is 0 Å². The van der Waals surface area contributed by atoms with Gasteiger partial charge in [0.05, 0.1) is 18.8 Å². The fraction of sp³-hybridized carbons (Fsp3) is 0.636. The summed E-state index contributed by atoms with van der Waals surface area (Å²) in [5.74, 6) is -0.222. The van der Waals surface area contributed by atoms with Gasteiger partial charge < -0.3 is 15.7 Å². The van der Waals surface area contributed by atoms with Crippen molar-refractivity contribution in [3.05, 3.63) is 12.0 Å². The molecule has 1 saturated heterocycles. The first-order valence-electron chi connectivity index (χ1n) is 5.88. The Morgan fingerprint density at radius 1 is 1.47 bits per heavy atom. The van der Waals surface area contributed by atoms with Crippen LogP contribution in [-0.4, -0.2) is 34.3 Å². The van der Waals surface area contributed by atoms with Crippen molar-refractivity contribution in [2.24, 2.45) is 0 Å². The standard InChI is InChI=1S/C11H17FN4O/c12-9-6-14-11(13)15-10(9)16-5-3-1-2-4-8(16)7-17/h6,8,17H,1-5,7H2,(H2,13,14,15). The number of nitrogen functional groups attached to an aromatic ring is 1. The van der Waals surface area contributed by atoms with Gasteiger partial charge in [-0.1, -0.05) is 12.8 Å². The second-order valence-electron chi connectivity index (χ2n) is 4.28. The highest BCUT2D eigenvalue weighted by Gasteiger charge is 2.24. The van der Waals surface area contributed by atoms with E-state index in [9.17, 15) is 9.50 Å². The van der Waals surface area contributed by atoms with Gasteiger partial charge in [0.25, 0.3) is 0 Å². The number of halogens is 1. The third-order valence-electron chi connectivity index (χ3n) is 3.10. The Kier molecular flexibility index (Phi) is 3.73. The van der Waals surface area contributed by atoms with E-state index in [0.717, 1.165) is 31.9 Å². The van der Waals surface area contributed by atoms with Crippen LogP contribution in [0.1, 0.15) is 25.7 Å². The molecule has 1 atom stereocenters. The number of aliphatic hydroxyl groups excluding tert-OH is 1. The minimum absolute atomic E-state index is 0.00332. The minimum atomic E-state index is -0.487. The molecule has 1 aromatic rings. The Bertz CT molecular complexity index is 388. The molecule has 6 heteroatoms. The summed E-state index contributed by atoms with van der Waals surface area (Å²) in [4.78, 5) is 9.36. The monoisotopic (exact) mass is 240 g/mol. The molecule has 0 spiro atoms. The Labute approximate surface area is 99.5 Å². The van der Waals surface area contributed by atoms with Crippen molar-refractivity contribution < 1.29 is 9.50 Å². The van der Waals surface area contributed by atoms with Crippen molar-refractivity contribution in [1.82, 2.24) is 9.97 Å². The lowest BCUT2D eigenvalue weighted by Crippen LogP contribution is -2.38. The van der Waals surface area contributed by atoms with E-state index in [0.29, 0.717) is 6.54 Å². The maximum Gasteiger partial charge on any atom is 0.222 e. The molecule has 1 aliphatic rings. The van der Waals surface area contributed by atoms with Crippen molar-refractivity contribution in [2.75, 3.05) is 23.8 Å². The number of hydrogen-bond donors (Lipinski definition) is 2. The fourth-order valence-electron chi connectivity index (χ4n) is 2.22. The molecular weight excluding hydrogens is 223 g/mol. The number of nitrogens with zero attached hydrogens (tertiary/aromatic N) is 3. The molecule has 0 aromatic carbocycles. The zero-order chi connectivity index (χ0) is 12.3. The van der Waals surface area contributed by atoms with Gasteiger partial charge in [0.2, 0.25) is 5.95 Å². The molecule has 0 amide bonds. The topological polar surface area (TPSA) is 75.3 Å². The van der Waals surface area contributed by atoms with Gasteiger partial charge in [-0.15, -0.1) is 0 Å². The van der Waals surface area contributed by atoms with E-state index in [1.807, 2.05) is 0 Å². The predicted molar refractivity (Wildman–Crippen MR) is 63.1 cm³/mol. The summed E-state index contributed by atoms with van der Waals surface area (Å²) >= 11 is 0. The predicted octanol–water partition coefficient (Wildman–Crippen LogP) is 0.939. The number of hydrogen-bond acceptors (Lipinski definition) is 5. The van der Waals surface area contributed by atoms with E-state index in [1.165, 1.54) is 0 Å². The molecule has 1 unspecified atom stereocenters. The van der Waals surface area contributed by atoms with Gasteiger partial charge in [-0.05, 0) is 12.8 Å². The highest BCUT2D eigenvalue weighted by atomic mass is 19.1. The zero-order valence-corrected chi connectivity index (χ0v) is 9.64. The molecule has 1 aromatic heterocycles. The molecule has 1 fully saturated rings. The highest BCUT2D eigenvalue weighted by molar-refractivity contribution is 5.43. The Hall–Kier alpha value is -1.43. The largest absolute Gasteiger partial charge is 0.394 e. The zero-order valence-electron chi connectivity index (χ0n) is 9.64. The summed E-state index contributed by atoms with van der Waals surface area (Å²) in [5, 5.41) is 9.37. The third-order valence-corrected chi connectivity index (χ3v) is 3.10. The summed E-state index contributed by atoms with van der Waals surface area (Å²) in [6.07, 6.45) is 5.04. The lowest BCUT2D eigenvalue weighted by molar-refractivity contribution is 0.254. The molecule has 0 saturated carbocycles. The van der Waals surface area contributed by atoms with Crippen molar-refractivity contribution in [1.29, 1.82) is 0 Å². The summed E-state index contributed by atoms with van der Waals surface area (Å²) in [6, 6.07) is -0.0821. The summed E-state index contributed by atoms with van der Waals surface area (Å²) in [6.45, 7) is 0.696. The summed E-state index contributed by atoms with van der Waals surface area (Å²) < 4.78 is 13.7. The normalized spacial score (nSPS) is 21.3. The average Bonchev–Trinajstić information content (AvgIpc) is 2.57. The fourth-order valence-corrected chi connectivity index (χ4v) is 2.22. The van der Waals surface area contributed by atoms with Crippen LogP contribution in [0.25, 0.3) is 0 Å². The van der Waals surface area contributed by atoms with Crippen molar-refractivity contribution in [2.45, 2.75) is 31.7 Å². The van der Waals surface area contributed by atoms with E-state index in [4.69, 9.17) is 5.73 Å². The van der Waals surface area contributed by atoms with Crippen LogP contribution in [0.5, 0.6) is 0 Å². The molecule has 0 radical (unpaired) electrons. The molecule has 17 heavy (non-hydrogen) atoms. The molecule has 0 aliphatic carbocycles. The quantitative estimate of drug-likeness (QED) is 0.804. The maximum absolute atomic E-state index is 13.7. The first kappa shape index (κ1) is 12.0.